The van der Waals surface area contributed by atoms with Crippen LogP contribution >= 0.6 is 0 Å². The van der Waals surface area contributed by atoms with E-state index in [1.54, 1.807) is 0 Å². The Morgan fingerprint density at radius 1 is 0.750 bits per heavy atom. The van der Waals surface area contributed by atoms with Crippen molar-refractivity contribution in [2.24, 2.45) is 0 Å². The van der Waals surface area contributed by atoms with Gasteiger partial charge in [-0.25, -0.2) is 9.59 Å². The van der Waals surface area contributed by atoms with Gasteiger partial charge in [0.15, 0.2) is 11.5 Å². The summed E-state index contributed by atoms with van der Waals surface area (Å²) in [7, 11) is 1.36. The molecule has 0 unspecified atom stereocenters. The highest BCUT2D eigenvalue weighted by Gasteiger charge is 2.09. The SMILES string of the molecule is COc1cc(C(=O)O)ccc1O.O=C(O)c1ccc(O)c(-c2ccccc2)c1. The first-order chi connectivity index (χ1) is 13.3. The first-order valence-electron chi connectivity index (χ1n) is 8.05. The van der Waals surface area contributed by atoms with Crippen LogP contribution < -0.4 is 4.74 Å². The number of carbonyl (C=O) groups is 2. The van der Waals surface area contributed by atoms with Crippen LogP contribution in [-0.2, 0) is 0 Å². The Morgan fingerprint density at radius 2 is 1.29 bits per heavy atom. The molecule has 7 heteroatoms. The summed E-state index contributed by atoms with van der Waals surface area (Å²) < 4.78 is 4.72. The largest absolute Gasteiger partial charge is 0.507 e. The molecule has 0 atom stereocenters. The van der Waals surface area contributed by atoms with Gasteiger partial charge in [-0.05, 0) is 42.0 Å². The highest BCUT2D eigenvalue weighted by Crippen LogP contribution is 2.29. The van der Waals surface area contributed by atoms with Crippen LogP contribution in [0.2, 0.25) is 0 Å². The van der Waals surface area contributed by atoms with Crippen molar-refractivity contribution >= 4 is 11.9 Å². The van der Waals surface area contributed by atoms with E-state index in [0.29, 0.717) is 5.56 Å². The molecule has 0 aliphatic rings. The molecule has 4 N–H and O–H groups in total. The Balaban J connectivity index is 0.000000209. The van der Waals surface area contributed by atoms with Crippen molar-refractivity contribution in [1.29, 1.82) is 0 Å². The first kappa shape index (κ1) is 20.3. The number of hydrogen-bond acceptors (Lipinski definition) is 5. The zero-order chi connectivity index (χ0) is 20.7. The highest BCUT2D eigenvalue weighted by molar-refractivity contribution is 5.90. The molecule has 3 rings (SSSR count). The Kier molecular flexibility index (Phi) is 6.59. The maximum atomic E-state index is 10.8. The average Bonchev–Trinajstić information content (AvgIpc) is 2.69. The normalized spacial score (nSPS) is 9.75. The van der Waals surface area contributed by atoms with Gasteiger partial charge in [0.2, 0.25) is 0 Å². The number of phenols is 2. The van der Waals surface area contributed by atoms with E-state index >= 15 is 0 Å². The molecule has 3 aromatic carbocycles. The Morgan fingerprint density at radius 3 is 1.82 bits per heavy atom. The van der Waals surface area contributed by atoms with Crippen LogP contribution in [0.25, 0.3) is 11.1 Å². The Bertz CT molecular complexity index is 981. The lowest BCUT2D eigenvalue weighted by molar-refractivity contribution is 0.0686. The number of phenolic OH excluding ortho intramolecular Hbond substituents is 2. The topological polar surface area (TPSA) is 124 Å². The molecule has 0 aliphatic carbocycles. The number of hydrogen-bond donors (Lipinski definition) is 4. The third-order valence-corrected chi connectivity index (χ3v) is 3.75. The number of carboxylic acids is 2. The minimum atomic E-state index is -1.05. The van der Waals surface area contributed by atoms with Crippen molar-refractivity contribution in [2.45, 2.75) is 0 Å². The van der Waals surface area contributed by atoms with Gasteiger partial charge in [0.05, 0.1) is 18.2 Å². The molecule has 0 radical (unpaired) electrons. The highest BCUT2D eigenvalue weighted by atomic mass is 16.5. The molecule has 0 aliphatic heterocycles. The van der Waals surface area contributed by atoms with E-state index in [0.717, 1.165) is 5.56 Å². The summed E-state index contributed by atoms with van der Waals surface area (Å²) in [4.78, 5) is 21.3. The lowest BCUT2D eigenvalue weighted by atomic mass is 10.0. The maximum Gasteiger partial charge on any atom is 0.335 e. The van der Waals surface area contributed by atoms with E-state index in [4.69, 9.17) is 20.1 Å². The van der Waals surface area contributed by atoms with Crippen LogP contribution in [0, 0.1) is 0 Å². The molecule has 3 aromatic rings. The number of methoxy groups -OCH3 is 1. The second-order valence-corrected chi connectivity index (χ2v) is 5.59. The van der Waals surface area contributed by atoms with Crippen LogP contribution in [0.3, 0.4) is 0 Å². The lowest BCUT2D eigenvalue weighted by Gasteiger charge is -2.05. The Hall–Kier alpha value is -4.00. The van der Waals surface area contributed by atoms with Crippen molar-refractivity contribution in [3.05, 3.63) is 77.9 Å². The molecule has 0 fully saturated rings. The van der Waals surface area contributed by atoms with Gasteiger partial charge in [-0.1, -0.05) is 30.3 Å². The monoisotopic (exact) mass is 382 g/mol. The van der Waals surface area contributed by atoms with Gasteiger partial charge in [-0.3, -0.25) is 0 Å². The summed E-state index contributed by atoms with van der Waals surface area (Å²) in [6.07, 6.45) is 0. The van der Waals surface area contributed by atoms with E-state index in [9.17, 15) is 14.7 Å². The Labute approximate surface area is 160 Å². The number of aromatic carboxylic acids is 2. The number of carboxylic acid groups (broad SMARTS) is 2. The molecule has 0 aromatic heterocycles. The summed E-state index contributed by atoms with van der Waals surface area (Å²) in [6, 6.07) is 17.3. The van der Waals surface area contributed by atoms with Gasteiger partial charge in [-0.2, -0.15) is 0 Å². The number of benzene rings is 3. The minimum absolute atomic E-state index is 0.0671. The van der Waals surface area contributed by atoms with Crippen molar-refractivity contribution in [1.82, 2.24) is 0 Å². The molecule has 0 saturated heterocycles. The van der Waals surface area contributed by atoms with E-state index in [1.165, 1.54) is 43.5 Å². The average molecular weight is 382 g/mol. The molecule has 0 amide bonds. The van der Waals surface area contributed by atoms with Crippen LogP contribution in [-0.4, -0.2) is 39.5 Å². The van der Waals surface area contributed by atoms with E-state index in [1.807, 2.05) is 30.3 Å². The van der Waals surface area contributed by atoms with Crippen molar-refractivity contribution in [3.8, 4) is 28.4 Å². The minimum Gasteiger partial charge on any atom is -0.507 e. The van der Waals surface area contributed by atoms with Gasteiger partial charge in [0.1, 0.15) is 5.75 Å². The molecule has 28 heavy (non-hydrogen) atoms. The molecule has 0 bridgehead atoms. The van der Waals surface area contributed by atoms with Crippen LogP contribution in [0.5, 0.6) is 17.2 Å². The van der Waals surface area contributed by atoms with Crippen LogP contribution in [0.4, 0.5) is 0 Å². The first-order valence-corrected chi connectivity index (χ1v) is 8.05. The zero-order valence-electron chi connectivity index (χ0n) is 14.9. The van der Waals surface area contributed by atoms with Gasteiger partial charge in [-0.15, -0.1) is 0 Å². The molecule has 144 valence electrons. The fourth-order valence-electron chi connectivity index (χ4n) is 2.33. The number of rotatable bonds is 4. The van der Waals surface area contributed by atoms with Crippen molar-refractivity contribution < 1.29 is 34.8 Å². The standard InChI is InChI=1S/C13H10O3.C8H8O4/c14-12-7-6-10(13(15)16)8-11(12)9-4-2-1-3-5-9;1-12-7-4-5(8(10)11)2-3-6(7)9/h1-8,14H,(H,15,16);2-4,9H,1H3,(H,10,11). The van der Waals surface area contributed by atoms with Crippen molar-refractivity contribution in [2.75, 3.05) is 7.11 Å². The van der Waals surface area contributed by atoms with E-state index in [2.05, 4.69) is 0 Å². The molecule has 0 heterocycles. The summed E-state index contributed by atoms with van der Waals surface area (Å²) in [5.74, 6) is -1.88. The third kappa shape index (κ3) is 5.01. The van der Waals surface area contributed by atoms with Gasteiger partial charge in [0, 0.05) is 5.56 Å². The maximum absolute atomic E-state index is 10.8. The summed E-state index contributed by atoms with van der Waals surface area (Å²) in [5.41, 5.74) is 1.57. The summed E-state index contributed by atoms with van der Waals surface area (Å²) in [5, 5.41) is 36.2. The van der Waals surface area contributed by atoms with E-state index < -0.39 is 11.9 Å². The second kappa shape index (κ2) is 9.09. The van der Waals surface area contributed by atoms with E-state index in [-0.39, 0.29) is 28.4 Å². The van der Waals surface area contributed by atoms with Crippen molar-refractivity contribution in [3.63, 3.8) is 0 Å². The predicted molar refractivity (Wildman–Crippen MR) is 102 cm³/mol. The lowest BCUT2D eigenvalue weighted by Crippen LogP contribution is -1.96. The molecule has 0 spiro atoms. The summed E-state index contributed by atoms with van der Waals surface area (Å²) in [6.45, 7) is 0. The molecular weight excluding hydrogens is 364 g/mol. The van der Waals surface area contributed by atoms with Gasteiger partial charge < -0.3 is 25.2 Å². The zero-order valence-corrected chi connectivity index (χ0v) is 14.9. The fraction of sp³-hybridized carbons (Fsp3) is 0.0476. The van der Waals surface area contributed by atoms with Crippen LogP contribution in [0.15, 0.2) is 66.7 Å². The summed E-state index contributed by atoms with van der Waals surface area (Å²) >= 11 is 0. The number of ether oxygens (including phenoxy) is 1. The molecular formula is C21H18O7. The predicted octanol–water partition coefficient (Wildman–Crippen LogP) is 3.86. The third-order valence-electron chi connectivity index (χ3n) is 3.75. The quantitative estimate of drug-likeness (QED) is 0.540. The fourth-order valence-corrected chi connectivity index (χ4v) is 2.33. The molecule has 0 saturated carbocycles. The molecule has 7 nitrogen and oxygen atoms in total. The van der Waals surface area contributed by atoms with Crippen LogP contribution in [0.1, 0.15) is 20.7 Å². The second-order valence-electron chi connectivity index (χ2n) is 5.59. The smallest absolute Gasteiger partial charge is 0.335 e. The van der Waals surface area contributed by atoms with Gasteiger partial charge >= 0.3 is 11.9 Å². The number of aromatic hydroxyl groups is 2. The van der Waals surface area contributed by atoms with Gasteiger partial charge in [0.25, 0.3) is 0 Å².